The van der Waals surface area contributed by atoms with E-state index in [0.29, 0.717) is 0 Å². The van der Waals surface area contributed by atoms with Crippen molar-refractivity contribution in [2.45, 2.75) is 6.42 Å². The molecule has 1 heteroatoms. The van der Waals surface area contributed by atoms with Gasteiger partial charge in [-0.3, -0.25) is 0 Å². The van der Waals surface area contributed by atoms with Crippen molar-refractivity contribution in [1.82, 2.24) is 0 Å². The molecule has 1 aliphatic carbocycles. The second kappa shape index (κ2) is 9.26. The summed E-state index contributed by atoms with van der Waals surface area (Å²) in [7, 11) is -0.689. The SMILES string of the molecule is C1=C(c2ccccc2)C=C(c2c(P(c3ccccc3)c3ccccc3)ccc3ccccc23)C1. The number of fused-ring (bicyclic) bond motifs is 1. The van der Waals surface area contributed by atoms with Crippen molar-refractivity contribution in [3.8, 4) is 0 Å². The maximum absolute atomic E-state index is 2.41. The molecule has 0 fully saturated rings. The number of hydrogen-bond acceptors (Lipinski definition) is 0. The molecule has 0 saturated carbocycles. The Morgan fingerprint density at radius 2 is 1.12 bits per heavy atom. The zero-order valence-corrected chi connectivity index (χ0v) is 19.8. The minimum Gasteiger partial charge on any atom is -0.0722 e. The molecule has 0 nitrogen and oxygen atoms in total. The smallest absolute Gasteiger partial charge is 0.00588 e. The fourth-order valence-electron chi connectivity index (χ4n) is 4.90. The predicted octanol–water partition coefficient (Wildman–Crippen LogP) is 7.47. The summed E-state index contributed by atoms with van der Waals surface area (Å²) in [6.07, 6.45) is 5.74. The lowest BCUT2D eigenvalue weighted by Crippen LogP contribution is -2.23. The Labute approximate surface area is 202 Å². The van der Waals surface area contributed by atoms with Gasteiger partial charge in [-0.1, -0.05) is 140 Å². The van der Waals surface area contributed by atoms with Gasteiger partial charge in [0.2, 0.25) is 0 Å². The molecule has 0 amide bonds. The molecule has 0 aliphatic heterocycles. The molecule has 0 saturated heterocycles. The first kappa shape index (κ1) is 20.8. The average molecular weight is 453 g/mol. The third-order valence-corrected chi connectivity index (χ3v) is 8.96. The molecule has 0 heterocycles. The van der Waals surface area contributed by atoms with E-state index in [1.54, 1.807) is 0 Å². The Bertz CT molecular complexity index is 1460. The zero-order valence-electron chi connectivity index (χ0n) is 18.9. The van der Waals surface area contributed by atoms with Crippen LogP contribution in [0.25, 0.3) is 21.9 Å². The lowest BCUT2D eigenvalue weighted by molar-refractivity contribution is 1.46. The maximum Gasteiger partial charge on any atom is -0.00588 e. The number of allylic oxidation sites excluding steroid dienone is 4. The lowest BCUT2D eigenvalue weighted by atomic mass is 9.97. The summed E-state index contributed by atoms with van der Waals surface area (Å²) in [5, 5.41) is 6.84. The van der Waals surface area contributed by atoms with E-state index in [4.69, 9.17) is 0 Å². The van der Waals surface area contributed by atoms with Gasteiger partial charge in [-0.2, -0.15) is 0 Å². The highest BCUT2D eigenvalue weighted by Crippen LogP contribution is 2.41. The molecule has 0 spiro atoms. The molecule has 0 aromatic heterocycles. The summed E-state index contributed by atoms with van der Waals surface area (Å²) in [6, 6.07) is 46.3. The second-order valence-corrected chi connectivity index (χ2v) is 10.8. The van der Waals surface area contributed by atoms with E-state index in [1.165, 1.54) is 49.0 Å². The van der Waals surface area contributed by atoms with Gasteiger partial charge in [0, 0.05) is 0 Å². The lowest BCUT2D eigenvalue weighted by Gasteiger charge is -2.24. The molecule has 34 heavy (non-hydrogen) atoms. The van der Waals surface area contributed by atoms with Crippen LogP contribution in [0.15, 0.2) is 140 Å². The van der Waals surface area contributed by atoms with Crippen LogP contribution in [0.4, 0.5) is 0 Å². The van der Waals surface area contributed by atoms with Gasteiger partial charge in [-0.05, 0) is 63.3 Å². The maximum atomic E-state index is 2.41. The largest absolute Gasteiger partial charge is 0.0722 e. The Balaban J connectivity index is 1.58. The van der Waals surface area contributed by atoms with Gasteiger partial charge in [0.1, 0.15) is 0 Å². The third kappa shape index (κ3) is 3.92. The minimum atomic E-state index is -0.689. The average Bonchev–Trinajstić information content (AvgIpc) is 3.40. The summed E-state index contributed by atoms with van der Waals surface area (Å²) in [6.45, 7) is 0. The van der Waals surface area contributed by atoms with Gasteiger partial charge in [-0.15, -0.1) is 0 Å². The zero-order chi connectivity index (χ0) is 22.7. The van der Waals surface area contributed by atoms with Gasteiger partial charge in [0.15, 0.2) is 0 Å². The Morgan fingerprint density at radius 1 is 0.529 bits per heavy atom. The fourth-order valence-corrected chi connectivity index (χ4v) is 7.40. The summed E-state index contributed by atoms with van der Waals surface area (Å²) >= 11 is 0. The summed E-state index contributed by atoms with van der Waals surface area (Å²) in [5.41, 5.74) is 5.41. The van der Waals surface area contributed by atoms with Crippen molar-refractivity contribution in [2.75, 3.05) is 0 Å². The molecule has 0 radical (unpaired) electrons. The first-order valence-electron chi connectivity index (χ1n) is 11.8. The molecule has 162 valence electrons. The molecule has 0 bridgehead atoms. The number of rotatable bonds is 5. The standard InChI is InChI=1S/C33H25P/c1-4-12-25(13-5-1)27-20-21-28(24-27)33-31-19-11-10-14-26(31)22-23-32(33)34(29-15-6-2-7-16-29)30-17-8-3-9-18-30/h1-20,22-24H,21H2. The molecule has 0 atom stereocenters. The molecule has 5 aromatic rings. The van der Waals surface area contributed by atoms with Gasteiger partial charge >= 0.3 is 0 Å². The monoisotopic (exact) mass is 452 g/mol. The Kier molecular flexibility index (Phi) is 5.68. The van der Waals surface area contributed by atoms with E-state index < -0.39 is 7.92 Å². The normalized spacial score (nSPS) is 13.2. The van der Waals surface area contributed by atoms with E-state index in [9.17, 15) is 0 Å². The molecular weight excluding hydrogens is 427 g/mol. The van der Waals surface area contributed by atoms with Crippen LogP contribution in [0.1, 0.15) is 17.5 Å². The summed E-state index contributed by atoms with van der Waals surface area (Å²) in [5.74, 6) is 0. The number of hydrogen-bond donors (Lipinski definition) is 0. The quantitative estimate of drug-likeness (QED) is 0.243. The predicted molar refractivity (Wildman–Crippen MR) is 150 cm³/mol. The van der Waals surface area contributed by atoms with Gasteiger partial charge < -0.3 is 0 Å². The van der Waals surface area contributed by atoms with E-state index in [-0.39, 0.29) is 0 Å². The highest BCUT2D eigenvalue weighted by Gasteiger charge is 2.24. The van der Waals surface area contributed by atoms with Gasteiger partial charge in [0.25, 0.3) is 0 Å². The molecule has 1 aliphatic rings. The molecular formula is C33H25P. The van der Waals surface area contributed by atoms with Crippen molar-refractivity contribution >= 4 is 45.8 Å². The van der Waals surface area contributed by atoms with Crippen LogP contribution < -0.4 is 15.9 Å². The summed E-state index contributed by atoms with van der Waals surface area (Å²) in [4.78, 5) is 0. The van der Waals surface area contributed by atoms with E-state index in [2.05, 4.69) is 140 Å². The Morgan fingerprint density at radius 3 is 1.79 bits per heavy atom. The molecule has 0 N–H and O–H groups in total. The van der Waals surface area contributed by atoms with Crippen molar-refractivity contribution in [1.29, 1.82) is 0 Å². The van der Waals surface area contributed by atoms with Gasteiger partial charge in [0.05, 0.1) is 0 Å². The van der Waals surface area contributed by atoms with Crippen molar-refractivity contribution in [3.63, 3.8) is 0 Å². The van der Waals surface area contributed by atoms with E-state index >= 15 is 0 Å². The van der Waals surface area contributed by atoms with Crippen LogP contribution in [0.5, 0.6) is 0 Å². The van der Waals surface area contributed by atoms with Crippen LogP contribution in [0.3, 0.4) is 0 Å². The second-order valence-electron chi connectivity index (χ2n) is 8.59. The van der Waals surface area contributed by atoms with Crippen molar-refractivity contribution in [3.05, 3.63) is 151 Å². The molecule has 5 aromatic carbocycles. The van der Waals surface area contributed by atoms with Crippen LogP contribution in [0.2, 0.25) is 0 Å². The van der Waals surface area contributed by atoms with Crippen LogP contribution >= 0.6 is 7.92 Å². The third-order valence-electron chi connectivity index (χ3n) is 6.48. The fraction of sp³-hybridized carbons (Fsp3) is 0.0303. The highest BCUT2D eigenvalue weighted by atomic mass is 31.1. The van der Waals surface area contributed by atoms with Crippen LogP contribution in [0, 0.1) is 0 Å². The van der Waals surface area contributed by atoms with Crippen molar-refractivity contribution in [2.24, 2.45) is 0 Å². The number of benzene rings is 5. The van der Waals surface area contributed by atoms with Crippen LogP contribution in [-0.2, 0) is 0 Å². The van der Waals surface area contributed by atoms with Crippen LogP contribution in [-0.4, -0.2) is 0 Å². The minimum absolute atomic E-state index is 0.689. The van der Waals surface area contributed by atoms with Gasteiger partial charge in [-0.25, -0.2) is 0 Å². The van der Waals surface area contributed by atoms with Crippen molar-refractivity contribution < 1.29 is 0 Å². The summed E-state index contributed by atoms with van der Waals surface area (Å²) < 4.78 is 0. The molecule has 0 unspecified atom stereocenters. The van der Waals surface area contributed by atoms with E-state index in [1.807, 2.05) is 0 Å². The Hall–Kier alpha value is -3.73. The molecule has 6 rings (SSSR count). The highest BCUT2D eigenvalue weighted by molar-refractivity contribution is 7.80. The van der Waals surface area contributed by atoms with E-state index in [0.717, 1.165) is 6.42 Å². The topological polar surface area (TPSA) is 0 Å². The first-order valence-corrected chi connectivity index (χ1v) is 13.1. The first-order chi connectivity index (χ1) is 16.9.